The molecule has 78 valence electrons. The Kier molecular flexibility index (Phi) is 3.60. The number of aliphatic hydroxyl groups is 5. The van der Waals surface area contributed by atoms with Gasteiger partial charge in [0.15, 0.2) is 0 Å². The van der Waals surface area contributed by atoms with Crippen molar-refractivity contribution >= 4 is 0 Å². The normalized spacial score (nSPS) is 42.2. The Labute approximate surface area is 75.4 Å². The van der Waals surface area contributed by atoms with E-state index in [0.29, 0.717) is 0 Å². The Morgan fingerprint density at radius 2 is 1.77 bits per heavy atom. The van der Waals surface area contributed by atoms with Gasteiger partial charge in [-0.1, -0.05) is 0 Å². The SMILES string of the molecule is OCC(O)[C@H]1N[C@H](CO)[C@@H](O)[C@H]1O. The van der Waals surface area contributed by atoms with E-state index in [1.807, 2.05) is 0 Å². The van der Waals surface area contributed by atoms with E-state index in [1.54, 1.807) is 0 Å². The van der Waals surface area contributed by atoms with E-state index in [9.17, 15) is 15.3 Å². The molecule has 0 aliphatic carbocycles. The third-order valence-corrected chi connectivity index (χ3v) is 2.33. The number of rotatable bonds is 3. The minimum absolute atomic E-state index is 0.327. The van der Waals surface area contributed by atoms with Crippen LogP contribution >= 0.6 is 0 Å². The van der Waals surface area contributed by atoms with Gasteiger partial charge in [-0.25, -0.2) is 0 Å². The standard InChI is InChI=1S/C7H15NO5/c9-1-3-6(12)7(13)5(8-3)4(11)2-10/h3-13H,1-2H2/t3-,4?,5-,6-,7+/m1/s1. The second-order valence-electron chi connectivity index (χ2n) is 3.21. The lowest BCUT2D eigenvalue weighted by molar-refractivity contribution is -0.0150. The maximum absolute atomic E-state index is 9.37. The van der Waals surface area contributed by atoms with E-state index in [1.165, 1.54) is 0 Å². The van der Waals surface area contributed by atoms with Gasteiger partial charge >= 0.3 is 0 Å². The minimum atomic E-state index is -1.17. The number of hydrogen-bond donors (Lipinski definition) is 6. The average Bonchev–Trinajstić information content (AvgIpc) is 2.43. The van der Waals surface area contributed by atoms with Crippen LogP contribution in [-0.2, 0) is 0 Å². The summed E-state index contributed by atoms with van der Waals surface area (Å²) < 4.78 is 0. The summed E-state index contributed by atoms with van der Waals surface area (Å²) in [7, 11) is 0. The molecule has 6 N–H and O–H groups in total. The van der Waals surface area contributed by atoms with Crippen molar-refractivity contribution in [2.75, 3.05) is 13.2 Å². The molecule has 0 spiro atoms. The van der Waals surface area contributed by atoms with Gasteiger partial charge in [0.25, 0.3) is 0 Å². The van der Waals surface area contributed by atoms with Gasteiger partial charge in [-0.05, 0) is 0 Å². The zero-order chi connectivity index (χ0) is 10.0. The van der Waals surface area contributed by atoms with Crippen LogP contribution in [0, 0.1) is 0 Å². The third-order valence-electron chi connectivity index (χ3n) is 2.33. The summed E-state index contributed by atoms with van der Waals surface area (Å²) in [5, 5.41) is 47.9. The van der Waals surface area contributed by atoms with Gasteiger partial charge in [-0.15, -0.1) is 0 Å². The van der Waals surface area contributed by atoms with Crippen LogP contribution in [0.1, 0.15) is 0 Å². The summed E-state index contributed by atoms with van der Waals surface area (Å²) in [6, 6.07) is -1.45. The second-order valence-corrected chi connectivity index (χ2v) is 3.21. The quantitative estimate of drug-likeness (QED) is 0.276. The van der Waals surface area contributed by atoms with E-state index in [4.69, 9.17) is 10.2 Å². The highest BCUT2D eigenvalue weighted by Gasteiger charge is 2.43. The first-order valence-corrected chi connectivity index (χ1v) is 4.13. The van der Waals surface area contributed by atoms with Crippen molar-refractivity contribution in [1.82, 2.24) is 5.32 Å². The van der Waals surface area contributed by atoms with Crippen LogP contribution in [0.3, 0.4) is 0 Å². The summed E-state index contributed by atoms with van der Waals surface area (Å²) in [4.78, 5) is 0. The van der Waals surface area contributed by atoms with Crippen LogP contribution in [0.15, 0.2) is 0 Å². The molecule has 1 fully saturated rings. The van der Waals surface area contributed by atoms with Crippen molar-refractivity contribution in [1.29, 1.82) is 0 Å². The van der Waals surface area contributed by atoms with Crippen molar-refractivity contribution in [2.24, 2.45) is 0 Å². The molecular formula is C7H15NO5. The summed E-state index contributed by atoms with van der Waals surface area (Å²) in [5.74, 6) is 0. The molecule has 0 bridgehead atoms. The molecule has 1 heterocycles. The predicted molar refractivity (Wildman–Crippen MR) is 42.9 cm³/mol. The highest BCUT2D eigenvalue weighted by Crippen LogP contribution is 2.16. The first-order valence-electron chi connectivity index (χ1n) is 4.13. The molecule has 1 aliphatic rings. The third kappa shape index (κ3) is 1.98. The molecule has 6 nitrogen and oxygen atoms in total. The van der Waals surface area contributed by atoms with Gasteiger partial charge in [0.05, 0.1) is 43.6 Å². The fraction of sp³-hybridized carbons (Fsp3) is 1.00. The predicted octanol–water partition coefficient (Wildman–Crippen LogP) is -3.61. The average molecular weight is 193 g/mol. The molecule has 1 saturated heterocycles. The van der Waals surface area contributed by atoms with Crippen LogP contribution < -0.4 is 5.32 Å². The maximum atomic E-state index is 9.37. The molecule has 0 aromatic carbocycles. The Bertz CT molecular complexity index is 167. The van der Waals surface area contributed by atoms with Crippen LogP contribution in [0.2, 0.25) is 0 Å². The monoisotopic (exact) mass is 193 g/mol. The topological polar surface area (TPSA) is 113 Å². The maximum Gasteiger partial charge on any atom is 0.0994 e. The lowest BCUT2D eigenvalue weighted by Crippen LogP contribution is -2.45. The fourth-order valence-electron chi connectivity index (χ4n) is 1.51. The van der Waals surface area contributed by atoms with Gasteiger partial charge in [0.2, 0.25) is 0 Å². The zero-order valence-electron chi connectivity index (χ0n) is 7.04. The van der Waals surface area contributed by atoms with Crippen LogP contribution in [0.5, 0.6) is 0 Å². The number of hydrogen-bond acceptors (Lipinski definition) is 6. The second kappa shape index (κ2) is 4.32. The Morgan fingerprint density at radius 1 is 1.15 bits per heavy atom. The molecule has 5 atom stereocenters. The summed E-state index contributed by atoms with van der Waals surface area (Å²) in [5.41, 5.74) is 0. The van der Waals surface area contributed by atoms with Crippen molar-refractivity contribution in [3.8, 4) is 0 Å². The lowest BCUT2D eigenvalue weighted by atomic mass is 10.0. The van der Waals surface area contributed by atoms with Crippen molar-refractivity contribution in [3.63, 3.8) is 0 Å². The van der Waals surface area contributed by atoms with Crippen molar-refractivity contribution < 1.29 is 25.5 Å². The summed E-state index contributed by atoms with van der Waals surface area (Å²) >= 11 is 0. The first-order chi connectivity index (χ1) is 6.11. The number of nitrogens with one attached hydrogen (secondary N) is 1. The summed E-state index contributed by atoms with van der Waals surface area (Å²) in [6.07, 6.45) is -3.42. The molecule has 0 aromatic rings. The molecule has 13 heavy (non-hydrogen) atoms. The van der Waals surface area contributed by atoms with Crippen LogP contribution in [0.25, 0.3) is 0 Å². The molecule has 1 unspecified atom stereocenters. The number of aliphatic hydroxyl groups excluding tert-OH is 5. The molecule has 1 rings (SSSR count). The van der Waals surface area contributed by atoms with Gasteiger partial charge in [0.1, 0.15) is 0 Å². The van der Waals surface area contributed by atoms with E-state index in [2.05, 4.69) is 5.32 Å². The van der Waals surface area contributed by atoms with E-state index >= 15 is 0 Å². The zero-order valence-corrected chi connectivity index (χ0v) is 7.04. The Hall–Kier alpha value is -0.240. The molecule has 0 saturated carbocycles. The Balaban J connectivity index is 2.60. The van der Waals surface area contributed by atoms with E-state index in [0.717, 1.165) is 0 Å². The molecule has 0 amide bonds. The highest BCUT2D eigenvalue weighted by atomic mass is 16.3. The lowest BCUT2D eigenvalue weighted by Gasteiger charge is -2.19. The first kappa shape index (κ1) is 10.8. The largest absolute Gasteiger partial charge is 0.395 e. The summed E-state index contributed by atoms with van der Waals surface area (Å²) in [6.45, 7) is -0.827. The van der Waals surface area contributed by atoms with Gasteiger partial charge in [0, 0.05) is 0 Å². The molecule has 0 radical (unpaired) electrons. The smallest absolute Gasteiger partial charge is 0.0994 e. The minimum Gasteiger partial charge on any atom is -0.395 e. The van der Waals surface area contributed by atoms with E-state index in [-0.39, 0.29) is 6.61 Å². The van der Waals surface area contributed by atoms with Gasteiger partial charge in [-0.2, -0.15) is 0 Å². The highest BCUT2D eigenvalue weighted by molar-refractivity contribution is 5.00. The molecule has 0 aromatic heterocycles. The van der Waals surface area contributed by atoms with Gasteiger partial charge in [-0.3, -0.25) is 0 Å². The molecule has 6 heteroatoms. The molecular weight excluding hydrogens is 178 g/mol. The van der Waals surface area contributed by atoms with Gasteiger partial charge < -0.3 is 30.8 Å². The van der Waals surface area contributed by atoms with Crippen molar-refractivity contribution in [2.45, 2.75) is 30.4 Å². The van der Waals surface area contributed by atoms with Crippen LogP contribution in [-0.4, -0.2) is 69.1 Å². The van der Waals surface area contributed by atoms with Crippen LogP contribution in [0.4, 0.5) is 0 Å². The van der Waals surface area contributed by atoms with Crippen molar-refractivity contribution in [3.05, 3.63) is 0 Å². The fourth-order valence-corrected chi connectivity index (χ4v) is 1.51. The van der Waals surface area contributed by atoms with E-state index < -0.39 is 37.0 Å². The Morgan fingerprint density at radius 3 is 2.15 bits per heavy atom. The molecule has 1 aliphatic heterocycles.